The molecule has 0 unspecified atom stereocenters. The van der Waals surface area contributed by atoms with Gasteiger partial charge in [-0.25, -0.2) is 0 Å². The number of carbonyl (C=O) groups is 1. The fourth-order valence-electron chi connectivity index (χ4n) is 1.44. The third-order valence-electron chi connectivity index (χ3n) is 2.26. The van der Waals surface area contributed by atoms with E-state index in [1.54, 1.807) is 6.21 Å². The first-order chi connectivity index (χ1) is 9.65. The number of amides is 1. The van der Waals surface area contributed by atoms with Gasteiger partial charge >= 0.3 is 0 Å². The van der Waals surface area contributed by atoms with Crippen LogP contribution in [0.5, 0.6) is 0 Å². The van der Waals surface area contributed by atoms with Crippen LogP contribution in [0.4, 0.5) is 11.5 Å². The predicted octanol–water partition coefficient (Wildman–Crippen LogP) is 2.53. The molecule has 102 valence electrons. The monoisotopic (exact) mass is 289 g/mol. The van der Waals surface area contributed by atoms with E-state index in [4.69, 9.17) is 11.6 Å². The van der Waals surface area contributed by atoms with Crippen LogP contribution >= 0.6 is 11.6 Å². The van der Waals surface area contributed by atoms with Crippen molar-refractivity contribution in [3.63, 3.8) is 0 Å². The minimum atomic E-state index is -0.232. The number of hydrazone groups is 1. The molecule has 0 fully saturated rings. The Bertz CT molecular complexity index is 630. The smallest absolute Gasteiger partial charge is 0.221 e. The summed E-state index contributed by atoms with van der Waals surface area (Å²) in [7, 11) is 0. The first-order valence-electron chi connectivity index (χ1n) is 5.80. The average molecular weight is 290 g/mol. The molecule has 0 radical (unpaired) electrons. The first kappa shape index (κ1) is 14.0. The van der Waals surface area contributed by atoms with Crippen LogP contribution in [0.3, 0.4) is 0 Å². The molecule has 0 aliphatic heterocycles. The van der Waals surface area contributed by atoms with Crippen molar-refractivity contribution in [3.8, 4) is 0 Å². The van der Waals surface area contributed by atoms with Crippen LogP contribution in [0.1, 0.15) is 12.5 Å². The van der Waals surface area contributed by atoms with Crippen molar-refractivity contribution in [1.82, 2.24) is 10.2 Å². The summed E-state index contributed by atoms with van der Waals surface area (Å²) in [6.07, 6.45) is 1.63. The SMILES string of the molecule is CC(=O)Nc1cc(Cl)nnc1N/N=C\c1ccccc1. The van der Waals surface area contributed by atoms with E-state index in [0.717, 1.165) is 5.56 Å². The van der Waals surface area contributed by atoms with E-state index in [1.165, 1.54) is 13.0 Å². The van der Waals surface area contributed by atoms with Gasteiger partial charge in [-0.15, -0.1) is 10.2 Å². The van der Waals surface area contributed by atoms with E-state index < -0.39 is 0 Å². The Morgan fingerprint density at radius 1 is 1.30 bits per heavy atom. The normalized spacial score (nSPS) is 10.5. The molecule has 1 amide bonds. The second-order valence-electron chi connectivity index (χ2n) is 3.89. The van der Waals surface area contributed by atoms with Crippen molar-refractivity contribution < 1.29 is 4.79 Å². The molecule has 1 aromatic heterocycles. The summed E-state index contributed by atoms with van der Waals surface area (Å²) in [5.41, 5.74) is 4.07. The number of nitrogens with one attached hydrogen (secondary N) is 2. The summed E-state index contributed by atoms with van der Waals surface area (Å²) < 4.78 is 0. The van der Waals surface area contributed by atoms with Gasteiger partial charge in [-0.05, 0) is 5.56 Å². The molecule has 0 saturated heterocycles. The standard InChI is InChI=1S/C13H12ClN5O/c1-9(20)16-11-7-12(14)17-19-13(11)18-15-8-10-5-3-2-4-6-10/h2-8H,1H3,(H,18,19)(H,16,17,20)/b15-8-. The highest BCUT2D eigenvalue weighted by Crippen LogP contribution is 2.20. The zero-order chi connectivity index (χ0) is 14.4. The van der Waals surface area contributed by atoms with E-state index >= 15 is 0 Å². The number of aromatic nitrogens is 2. The van der Waals surface area contributed by atoms with Gasteiger partial charge in [0.1, 0.15) is 0 Å². The van der Waals surface area contributed by atoms with Crippen LogP contribution < -0.4 is 10.7 Å². The highest BCUT2D eigenvalue weighted by atomic mass is 35.5. The van der Waals surface area contributed by atoms with Crippen LogP contribution in [-0.2, 0) is 4.79 Å². The molecule has 1 heterocycles. The second kappa shape index (κ2) is 6.63. The Balaban J connectivity index is 2.13. The number of rotatable bonds is 4. The topological polar surface area (TPSA) is 79.3 Å². The summed E-state index contributed by atoms with van der Waals surface area (Å²) in [6, 6.07) is 11.1. The third kappa shape index (κ3) is 4.03. The second-order valence-corrected chi connectivity index (χ2v) is 4.28. The van der Waals surface area contributed by atoms with Gasteiger partial charge in [0.15, 0.2) is 11.0 Å². The van der Waals surface area contributed by atoms with E-state index in [-0.39, 0.29) is 11.1 Å². The number of anilines is 2. The highest BCUT2D eigenvalue weighted by molar-refractivity contribution is 6.29. The number of benzene rings is 1. The van der Waals surface area contributed by atoms with E-state index in [1.807, 2.05) is 30.3 Å². The lowest BCUT2D eigenvalue weighted by molar-refractivity contribution is -0.114. The summed E-state index contributed by atoms with van der Waals surface area (Å²) in [5.74, 6) is 0.0842. The molecule has 0 bridgehead atoms. The zero-order valence-corrected chi connectivity index (χ0v) is 11.4. The van der Waals surface area contributed by atoms with Gasteiger partial charge in [-0.1, -0.05) is 41.9 Å². The van der Waals surface area contributed by atoms with E-state index in [9.17, 15) is 4.79 Å². The molecule has 2 rings (SSSR count). The Hall–Kier alpha value is -2.47. The number of carbonyl (C=O) groups excluding carboxylic acids is 1. The molecule has 0 atom stereocenters. The Kier molecular flexibility index (Phi) is 4.62. The molecule has 2 aromatic rings. The fourth-order valence-corrected chi connectivity index (χ4v) is 1.59. The highest BCUT2D eigenvalue weighted by Gasteiger charge is 2.07. The molecule has 2 N–H and O–H groups in total. The average Bonchev–Trinajstić information content (AvgIpc) is 2.42. The molecule has 7 heteroatoms. The molecule has 0 spiro atoms. The lowest BCUT2D eigenvalue weighted by atomic mass is 10.2. The van der Waals surface area contributed by atoms with Gasteiger partial charge in [0, 0.05) is 13.0 Å². The van der Waals surface area contributed by atoms with E-state index in [0.29, 0.717) is 11.5 Å². The Labute approximate surface area is 120 Å². The van der Waals surface area contributed by atoms with Crippen molar-refractivity contribution in [2.75, 3.05) is 10.7 Å². The number of hydrogen-bond acceptors (Lipinski definition) is 5. The van der Waals surface area contributed by atoms with Crippen molar-refractivity contribution in [1.29, 1.82) is 0 Å². The molecule has 0 aliphatic carbocycles. The lowest BCUT2D eigenvalue weighted by Gasteiger charge is -2.07. The molecular weight excluding hydrogens is 278 g/mol. The minimum Gasteiger partial charge on any atom is -0.323 e. The van der Waals surface area contributed by atoms with Gasteiger partial charge in [-0.2, -0.15) is 5.10 Å². The first-order valence-corrected chi connectivity index (χ1v) is 6.18. The molecule has 0 aliphatic rings. The van der Waals surface area contributed by atoms with Crippen LogP contribution in [-0.4, -0.2) is 22.3 Å². The van der Waals surface area contributed by atoms with Crippen LogP contribution in [0.2, 0.25) is 5.15 Å². The van der Waals surface area contributed by atoms with Gasteiger partial charge < -0.3 is 5.32 Å². The summed E-state index contributed by atoms with van der Waals surface area (Å²) in [6.45, 7) is 1.39. The van der Waals surface area contributed by atoms with Crippen molar-refractivity contribution in [2.45, 2.75) is 6.92 Å². The lowest BCUT2D eigenvalue weighted by Crippen LogP contribution is -2.09. The van der Waals surface area contributed by atoms with Gasteiger partial charge in [0.05, 0.1) is 11.9 Å². The largest absolute Gasteiger partial charge is 0.323 e. The van der Waals surface area contributed by atoms with Crippen molar-refractivity contribution >= 4 is 35.2 Å². The quantitative estimate of drug-likeness (QED) is 0.669. The summed E-state index contributed by atoms with van der Waals surface area (Å²) in [5, 5.41) is 14.4. The number of hydrogen-bond donors (Lipinski definition) is 2. The molecular formula is C13H12ClN5O. The maximum atomic E-state index is 11.1. The third-order valence-corrected chi connectivity index (χ3v) is 2.44. The van der Waals surface area contributed by atoms with Crippen LogP contribution in [0.15, 0.2) is 41.5 Å². The molecule has 0 saturated carbocycles. The van der Waals surface area contributed by atoms with E-state index in [2.05, 4.69) is 26.0 Å². The summed E-state index contributed by atoms with van der Waals surface area (Å²) in [4.78, 5) is 11.1. The van der Waals surface area contributed by atoms with Crippen LogP contribution in [0, 0.1) is 0 Å². The minimum absolute atomic E-state index is 0.186. The Morgan fingerprint density at radius 3 is 2.75 bits per heavy atom. The number of halogens is 1. The fraction of sp³-hybridized carbons (Fsp3) is 0.0769. The molecule has 6 nitrogen and oxygen atoms in total. The molecule has 20 heavy (non-hydrogen) atoms. The predicted molar refractivity (Wildman–Crippen MR) is 79.0 cm³/mol. The van der Waals surface area contributed by atoms with Crippen LogP contribution in [0.25, 0.3) is 0 Å². The Morgan fingerprint density at radius 2 is 2.05 bits per heavy atom. The van der Waals surface area contributed by atoms with Gasteiger partial charge in [0.2, 0.25) is 5.91 Å². The van der Waals surface area contributed by atoms with Gasteiger partial charge in [-0.3, -0.25) is 10.2 Å². The summed E-state index contributed by atoms with van der Waals surface area (Å²) >= 11 is 5.74. The van der Waals surface area contributed by atoms with Gasteiger partial charge in [0.25, 0.3) is 0 Å². The number of nitrogens with zero attached hydrogens (tertiary/aromatic N) is 3. The van der Waals surface area contributed by atoms with Crippen molar-refractivity contribution in [2.24, 2.45) is 5.10 Å². The zero-order valence-electron chi connectivity index (χ0n) is 10.7. The molecule has 1 aromatic carbocycles. The maximum Gasteiger partial charge on any atom is 0.221 e. The maximum absolute atomic E-state index is 11.1. The van der Waals surface area contributed by atoms with Crippen molar-refractivity contribution in [3.05, 3.63) is 47.1 Å².